The van der Waals surface area contributed by atoms with E-state index < -0.39 is 0 Å². The van der Waals surface area contributed by atoms with Gasteiger partial charge in [-0.1, -0.05) is 46.1 Å². The van der Waals surface area contributed by atoms with Crippen LogP contribution >= 0.6 is 27.5 Å². The lowest BCUT2D eigenvalue weighted by Gasteiger charge is -2.26. The van der Waals surface area contributed by atoms with Gasteiger partial charge in [0.25, 0.3) is 0 Å². The standard InChI is InChI=1S/C16H20BrCl/c17-10-15(12-2-1-3-16(18)9-12)8-14-7-11-4-5-13(14)6-11/h1-3,9,11,13-15H,4-8,10H2. The average molecular weight is 328 g/mol. The van der Waals surface area contributed by atoms with Crippen LogP contribution in [-0.2, 0) is 0 Å². The van der Waals surface area contributed by atoms with Gasteiger partial charge >= 0.3 is 0 Å². The summed E-state index contributed by atoms with van der Waals surface area (Å²) >= 11 is 9.80. The minimum absolute atomic E-state index is 0.632. The maximum absolute atomic E-state index is 6.11. The molecule has 4 unspecified atom stereocenters. The lowest BCUT2D eigenvalue weighted by molar-refractivity contribution is 0.301. The zero-order valence-corrected chi connectivity index (χ0v) is 13.0. The minimum atomic E-state index is 0.632. The number of fused-ring (bicyclic) bond motifs is 2. The predicted octanol–water partition coefficient (Wildman–Crippen LogP) is 5.64. The van der Waals surface area contributed by atoms with Crippen LogP contribution in [0.4, 0.5) is 0 Å². The van der Waals surface area contributed by atoms with E-state index in [9.17, 15) is 0 Å². The number of hydrogen-bond donors (Lipinski definition) is 0. The molecule has 0 nitrogen and oxygen atoms in total. The average Bonchev–Trinajstić information content (AvgIpc) is 2.98. The molecule has 0 N–H and O–H groups in total. The van der Waals surface area contributed by atoms with Crippen LogP contribution in [0.25, 0.3) is 0 Å². The summed E-state index contributed by atoms with van der Waals surface area (Å²) in [7, 11) is 0. The lowest BCUT2D eigenvalue weighted by atomic mass is 9.81. The van der Waals surface area contributed by atoms with Crippen molar-refractivity contribution in [2.45, 2.75) is 38.0 Å². The summed E-state index contributed by atoms with van der Waals surface area (Å²) in [6.07, 6.45) is 7.31. The van der Waals surface area contributed by atoms with Gasteiger partial charge in [0.15, 0.2) is 0 Å². The summed E-state index contributed by atoms with van der Waals surface area (Å²) < 4.78 is 0. The third-order valence-corrected chi connectivity index (χ3v) is 5.99. The molecule has 0 aromatic heterocycles. The topological polar surface area (TPSA) is 0 Å². The predicted molar refractivity (Wildman–Crippen MR) is 81.5 cm³/mol. The van der Waals surface area contributed by atoms with Gasteiger partial charge in [-0.3, -0.25) is 0 Å². The Hall–Kier alpha value is -0.0100. The highest BCUT2D eigenvalue weighted by molar-refractivity contribution is 9.09. The first kappa shape index (κ1) is 13.0. The molecule has 2 fully saturated rings. The Bertz CT molecular complexity index is 417. The molecule has 2 bridgehead atoms. The SMILES string of the molecule is Clc1cccc(C(CBr)CC2CC3CCC2C3)c1. The van der Waals surface area contributed by atoms with E-state index in [0.717, 1.165) is 28.1 Å². The molecule has 98 valence electrons. The Morgan fingerprint density at radius 1 is 1.28 bits per heavy atom. The molecule has 18 heavy (non-hydrogen) atoms. The Kier molecular flexibility index (Phi) is 4.00. The van der Waals surface area contributed by atoms with Crippen molar-refractivity contribution >= 4 is 27.5 Å². The molecule has 0 radical (unpaired) electrons. The van der Waals surface area contributed by atoms with Crippen LogP contribution in [-0.4, -0.2) is 5.33 Å². The first-order valence-corrected chi connectivity index (χ1v) is 8.57. The van der Waals surface area contributed by atoms with Crippen LogP contribution < -0.4 is 0 Å². The maximum Gasteiger partial charge on any atom is 0.0408 e. The zero-order valence-electron chi connectivity index (χ0n) is 10.6. The Morgan fingerprint density at radius 2 is 2.17 bits per heavy atom. The fourth-order valence-corrected chi connectivity index (χ4v) is 4.92. The summed E-state index contributed by atoms with van der Waals surface area (Å²) in [6, 6.07) is 8.41. The van der Waals surface area contributed by atoms with Gasteiger partial charge in [-0.25, -0.2) is 0 Å². The third kappa shape index (κ3) is 2.63. The van der Waals surface area contributed by atoms with Gasteiger partial charge < -0.3 is 0 Å². The van der Waals surface area contributed by atoms with E-state index in [0.29, 0.717) is 5.92 Å². The van der Waals surface area contributed by atoms with Crippen LogP contribution in [0.1, 0.15) is 43.6 Å². The number of benzene rings is 1. The second-order valence-corrected chi connectivity index (χ2v) is 7.16. The second kappa shape index (κ2) is 5.54. The van der Waals surface area contributed by atoms with Crippen molar-refractivity contribution < 1.29 is 0 Å². The van der Waals surface area contributed by atoms with E-state index in [2.05, 4.69) is 34.1 Å². The Balaban J connectivity index is 1.69. The van der Waals surface area contributed by atoms with Crippen LogP contribution in [0.3, 0.4) is 0 Å². The molecule has 0 spiro atoms. The lowest BCUT2D eigenvalue weighted by Crippen LogP contribution is -2.15. The van der Waals surface area contributed by atoms with Crippen LogP contribution in [0.2, 0.25) is 5.02 Å². The molecule has 4 atom stereocenters. The van der Waals surface area contributed by atoms with Gasteiger partial charge in [0.2, 0.25) is 0 Å². The molecular formula is C16H20BrCl. The van der Waals surface area contributed by atoms with Crippen LogP contribution in [0, 0.1) is 17.8 Å². The van der Waals surface area contributed by atoms with Gasteiger partial charge in [0.1, 0.15) is 0 Å². The van der Waals surface area contributed by atoms with Crippen LogP contribution in [0.15, 0.2) is 24.3 Å². The van der Waals surface area contributed by atoms with Crippen molar-refractivity contribution in [3.63, 3.8) is 0 Å². The molecule has 2 heteroatoms. The number of hydrogen-bond acceptors (Lipinski definition) is 0. The second-order valence-electron chi connectivity index (χ2n) is 6.08. The summed E-state index contributed by atoms with van der Waals surface area (Å²) in [6.45, 7) is 0. The van der Waals surface area contributed by atoms with E-state index >= 15 is 0 Å². The highest BCUT2D eigenvalue weighted by Gasteiger charge is 2.40. The molecule has 0 amide bonds. The van der Waals surface area contributed by atoms with Gasteiger partial charge in [0, 0.05) is 10.4 Å². The molecule has 3 rings (SSSR count). The zero-order chi connectivity index (χ0) is 12.5. The molecule has 0 aliphatic heterocycles. The third-order valence-electron chi connectivity index (χ3n) is 4.98. The molecule has 2 saturated carbocycles. The molecule has 1 aromatic carbocycles. The smallest absolute Gasteiger partial charge is 0.0408 e. The van der Waals surface area contributed by atoms with E-state index in [-0.39, 0.29) is 0 Å². The quantitative estimate of drug-likeness (QED) is 0.627. The normalized spacial score (nSPS) is 31.8. The first-order chi connectivity index (χ1) is 8.76. The van der Waals surface area contributed by atoms with Crippen molar-refractivity contribution in [3.05, 3.63) is 34.9 Å². The fraction of sp³-hybridized carbons (Fsp3) is 0.625. The number of alkyl halides is 1. The maximum atomic E-state index is 6.11. The van der Waals surface area contributed by atoms with Crippen molar-refractivity contribution in [1.82, 2.24) is 0 Å². The number of rotatable bonds is 4. The highest BCUT2D eigenvalue weighted by Crippen LogP contribution is 2.51. The minimum Gasteiger partial charge on any atom is -0.0921 e. The molecule has 0 heterocycles. The van der Waals surface area contributed by atoms with Crippen molar-refractivity contribution in [1.29, 1.82) is 0 Å². The Morgan fingerprint density at radius 3 is 2.78 bits per heavy atom. The van der Waals surface area contributed by atoms with Crippen LogP contribution in [0.5, 0.6) is 0 Å². The largest absolute Gasteiger partial charge is 0.0921 e. The first-order valence-electron chi connectivity index (χ1n) is 7.07. The summed E-state index contributed by atoms with van der Waals surface area (Å²) in [5.41, 5.74) is 1.40. The van der Waals surface area contributed by atoms with Gasteiger partial charge in [-0.2, -0.15) is 0 Å². The van der Waals surface area contributed by atoms with Crippen molar-refractivity contribution in [2.24, 2.45) is 17.8 Å². The molecule has 2 aliphatic rings. The highest BCUT2D eigenvalue weighted by atomic mass is 79.9. The van der Waals surface area contributed by atoms with Crippen molar-refractivity contribution in [3.8, 4) is 0 Å². The van der Waals surface area contributed by atoms with Gasteiger partial charge in [-0.05, 0) is 67.1 Å². The monoisotopic (exact) mass is 326 g/mol. The number of halogens is 2. The summed E-state index contributed by atoms with van der Waals surface area (Å²) in [5.74, 6) is 3.67. The summed E-state index contributed by atoms with van der Waals surface area (Å²) in [4.78, 5) is 0. The fourth-order valence-electron chi connectivity index (χ4n) is 4.08. The molecular weight excluding hydrogens is 308 g/mol. The van der Waals surface area contributed by atoms with E-state index in [1.54, 1.807) is 0 Å². The van der Waals surface area contributed by atoms with E-state index in [1.165, 1.54) is 37.7 Å². The van der Waals surface area contributed by atoms with Gasteiger partial charge in [0.05, 0.1) is 0 Å². The molecule has 1 aromatic rings. The summed E-state index contributed by atoms with van der Waals surface area (Å²) in [5, 5.41) is 1.92. The van der Waals surface area contributed by atoms with E-state index in [1.807, 2.05) is 6.07 Å². The molecule has 0 saturated heterocycles. The van der Waals surface area contributed by atoms with Crippen molar-refractivity contribution in [2.75, 3.05) is 5.33 Å². The van der Waals surface area contributed by atoms with E-state index in [4.69, 9.17) is 11.6 Å². The Labute approximate surface area is 123 Å². The molecule has 2 aliphatic carbocycles. The van der Waals surface area contributed by atoms with Gasteiger partial charge in [-0.15, -0.1) is 0 Å².